The van der Waals surface area contributed by atoms with Gasteiger partial charge in [0, 0.05) is 10.4 Å². The van der Waals surface area contributed by atoms with Gasteiger partial charge in [-0.1, -0.05) is 6.07 Å². The molecule has 0 aliphatic heterocycles. The molecule has 1 aromatic heterocycles. The third kappa shape index (κ3) is 2.49. The van der Waals surface area contributed by atoms with Gasteiger partial charge in [0.1, 0.15) is 9.96 Å². The highest BCUT2D eigenvalue weighted by Gasteiger charge is 2.17. The van der Waals surface area contributed by atoms with Crippen molar-refractivity contribution in [3.8, 4) is 5.75 Å². The van der Waals surface area contributed by atoms with Gasteiger partial charge >= 0.3 is 0 Å². The van der Waals surface area contributed by atoms with Crippen LogP contribution in [0.1, 0.15) is 10.4 Å². The fraction of sp³-hybridized carbons (Fsp3) is 0.167. The number of nitrogens with one attached hydrogen (secondary N) is 1. The van der Waals surface area contributed by atoms with Gasteiger partial charge in [0.15, 0.2) is 0 Å². The van der Waals surface area contributed by atoms with Crippen molar-refractivity contribution < 1.29 is 13.5 Å². The van der Waals surface area contributed by atoms with Gasteiger partial charge in [-0.3, -0.25) is 4.72 Å². The molecule has 6 heteroatoms. The molecule has 2 rings (SSSR count). The van der Waals surface area contributed by atoms with E-state index in [9.17, 15) is 13.5 Å². The lowest BCUT2D eigenvalue weighted by atomic mass is 10.2. The van der Waals surface area contributed by atoms with Gasteiger partial charge in [0.05, 0.1) is 5.69 Å². The first-order valence-electron chi connectivity index (χ1n) is 5.28. The van der Waals surface area contributed by atoms with E-state index < -0.39 is 10.0 Å². The van der Waals surface area contributed by atoms with Crippen molar-refractivity contribution in [3.05, 3.63) is 40.8 Å². The second-order valence-corrected chi connectivity index (χ2v) is 7.12. The SMILES string of the molecule is Cc1ccc(S(=O)(=O)Nc2cccc(O)c2C)s1. The lowest BCUT2D eigenvalue weighted by Gasteiger charge is -2.10. The van der Waals surface area contributed by atoms with Crippen molar-refractivity contribution in [1.29, 1.82) is 0 Å². The Morgan fingerprint density at radius 3 is 2.50 bits per heavy atom. The van der Waals surface area contributed by atoms with Crippen LogP contribution < -0.4 is 4.72 Å². The third-order valence-corrected chi connectivity index (χ3v) is 5.39. The normalized spacial score (nSPS) is 11.4. The molecule has 0 radical (unpaired) electrons. The second kappa shape index (κ2) is 4.62. The van der Waals surface area contributed by atoms with Gasteiger partial charge < -0.3 is 5.11 Å². The number of aryl methyl sites for hydroxylation is 1. The summed E-state index contributed by atoms with van der Waals surface area (Å²) in [5.74, 6) is 0.0672. The summed E-state index contributed by atoms with van der Waals surface area (Å²) in [5.41, 5.74) is 0.899. The van der Waals surface area contributed by atoms with Crippen molar-refractivity contribution in [2.75, 3.05) is 4.72 Å². The quantitative estimate of drug-likeness (QED) is 0.910. The predicted octanol–water partition coefficient (Wildman–Crippen LogP) is 2.87. The van der Waals surface area contributed by atoms with Gasteiger partial charge in [-0.05, 0) is 38.1 Å². The Balaban J connectivity index is 2.37. The summed E-state index contributed by atoms with van der Waals surface area (Å²) in [6, 6.07) is 8.06. The zero-order valence-corrected chi connectivity index (χ0v) is 11.6. The number of rotatable bonds is 3. The average molecular weight is 283 g/mol. The van der Waals surface area contributed by atoms with Gasteiger partial charge in [0.2, 0.25) is 0 Å². The van der Waals surface area contributed by atoms with E-state index in [1.54, 1.807) is 31.2 Å². The molecule has 2 aromatic rings. The van der Waals surface area contributed by atoms with Crippen LogP contribution in [-0.2, 0) is 10.0 Å². The maximum atomic E-state index is 12.1. The Morgan fingerprint density at radius 2 is 1.89 bits per heavy atom. The fourth-order valence-corrected chi connectivity index (χ4v) is 3.89. The zero-order chi connectivity index (χ0) is 13.3. The average Bonchev–Trinajstić information content (AvgIpc) is 2.72. The van der Waals surface area contributed by atoms with Crippen LogP contribution in [0.3, 0.4) is 0 Å². The molecule has 0 saturated carbocycles. The minimum absolute atomic E-state index is 0.0672. The molecule has 4 nitrogen and oxygen atoms in total. The maximum absolute atomic E-state index is 12.1. The molecule has 0 fully saturated rings. The molecule has 1 heterocycles. The van der Waals surface area contributed by atoms with Gasteiger partial charge in [-0.2, -0.15) is 0 Å². The van der Waals surface area contributed by atoms with Crippen molar-refractivity contribution >= 4 is 27.0 Å². The smallest absolute Gasteiger partial charge is 0.271 e. The van der Waals surface area contributed by atoms with Crippen LogP contribution in [0.15, 0.2) is 34.5 Å². The van der Waals surface area contributed by atoms with E-state index in [1.807, 2.05) is 6.92 Å². The Labute approximate surface area is 110 Å². The summed E-state index contributed by atoms with van der Waals surface area (Å²) in [7, 11) is -3.57. The van der Waals surface area contributed by atoms with E-state index in [0.717, 1.165) is 4.88 Å². The van der Waals surface area contributed by atoms with E-state index >= 15 is 0 Å². The highest BCUT2D eigenvalue weighted by Crippen LogP contribution is 2.28. The van der Waals surface area contributed by atoms with Crippen LogP contribution in [0.4, 0.5) is 5.69 Å². The molecule has 0 aliphatic carbocycles. The minimum atomic E-state index is -3.57. The fourth-order valence-electron chi connectivity index (χ4n) is 1.49. The number of phenols is 1. The lowest BCUT2D eigenvalue weighted by Crippen LogP contribution is -2.12. The van der Waals surface area contributed by atoms with Crippen LogP contribution >= 0.6 is 11.3 Å². The first-order valence-corrected chi connectivity index (χ1v) is 7.58. The van der Waals surface area contributed by atoms with Gasteiger partial charge in [-0.15, -0.1) is 11.3 Å². The van der Waals surface area contributed by atoms with E-state index in [2.05, 4.69) is 4.72 Å². The van der Waals surface area contributed by atoms with E-state index in [0.29, 0.717) is 11.3 Å². The standard InChI is InChI=1S/C12H13NO3S2/c1-8-6-7-12(17-8)18(15,16)13-10-4-3-5-11(14)9(10)2/h3-7,13-14H,1-2H3. The predicted molar refractivity (Wildman–Crippen MR) is 72.7 cm³/mol. The first kappa shape index (κ1) is 12.9. The van der Waals surface area contributed by atoms with Crippen LogP contribution in [0.5, 0.6) is 5.75 Å². The monoisotopic (exact) mass is 283 g/mol. The highest BCUT2D eigenvalue weighted by atomic mass is 32.2. The summed E-state index contributed by atoms with van der Waals surface area (Å²) in [6.07, 6.45) is 0. The molecule has 0 spiro atoms. The number of anilines is 1. The summed E-state index contributed by atoms with van der Waals surface area (Å²) >= 11 is 1.21. The molecule has 96 valence electrons. The van der Waals surface area contributed by atoms with Gasteiger partial charge in [0.25, 0.3) is 10.0 Å². The second-order valence-electron chi connectivity index (χ2n) is 3.92. The number of benzene rings is 1. The highest BCUT2D eigenvalue weighted by molar-refractivity contribution is 7.94. The zero-order valence-electron chi connectivity index (χ0n) is 9.97. The number of hydrogen-bond donors (Lipinski definition) is 2. The van der Waals surface area contributed by atoms with Crippen molar-refractivity contribution in [3.63, 3.8) is 0 Å². The number of aromatic hydroxyl groups is 1. The molecule has 0 amide bonds. The Morgan fingerprint density at radius 1 is 1.17 bits per heavy atom. The van der Waals surface area contributed by atoms with E-state index in [-0.39, 0.29) is 9.96 Å². The largest absolute Gasteiger partial charge is 0.508 e. The molecule has 0 saturated heterocycles. The summed E-state index contributed by atoms with van der Waals surface area (Å²) in [6.45, 7) is 3.51. The first-order chi connectivity index (χ1) is 8.40. The number of sulfonamides is 1. The molecule has 0 atom stereocenters. The molecule has 0 bridgehead atoms. The van der Waals surface area contributed by atoms with Gasteiger partial charge in [-0.25, -0.2) is 8.42 Å². The van der Waals surface area contributed by atoms with Crippen LogP contribution in [0.25, 0.3) is 0 Å². The molecule has 0 aliphatic rings. The molecule has 1 aromatic carbocycles. The Bertz CT molecular complexity index is 674. The van der Waals surface area contributed by atoms with Crippen molar-refractivity contribution in [2.24, 2.45) is 0 Å². The Kier molecular flexibility index (Phi) is 3.32. The van der Waals surface area contributed by atoms with Crippen LogP contribution in [0, 0.1) is 13.8 Å². The maximum Gasteiger partial charge on any atom is 0.271 e. The van der Waals surface area contributed by atoms with Crippen molar-refractivity contribution in [2.45, 2.75) is 18.1 Å². The molecule has 2 N–H and O–H groups in total. The number of hydrogen-bond acceptors (Lipinski definition) is 4. The summed E-state index contributed by atoms with van der Waals surface area (Å²) in [5, 5.41) is 9.54. The minimum Gasteiger partial charge on any atom is -0.508 e. The van der Waals surface area contributed by atoms with E-state index in [1.165, 1.54) is 17.4 Å². The molecule has 0 unspecified atom stereocenters. The van der Waals surface area contributed by atoms with E-state index in [4.69, 9.17) is 0 Å². The summed E-state index contributed by atoms with van der Waals surface area (Å²) < 4.78 is 26.9. The van der Waals surface area contributed by atoms with Crippen molar-refractivity contribution in [1.82, 2.24) is 0 Å². The topological polar surface area (TPSA) is 66.4 Å². The van der Waals surface area contributed by atoms with Crippen LogP contribution in [-0.4, -0.2) is 13.5 Å². The lowest BCUT2D eigenvalue weighted by molar-refractivity contribution is 0.471. The number of phenolic OH excluding ortho intramolecular Hbond substituents is 1. The molecular formula is C12H13NO3S2. The van der Waals surface area contributed by atoms with Crippen LogP contribution in [0.2, 0.25) is 0 Å². The third-order valence-electron chi connectivity index (χ3n) is 2.53. The Hall–Kier alpha value is -1.53. The molecule has 18 heavy (non-hydrogen) atoms. The number of thiophene rings is 1. The molecular weight excluding hydrogens is 270 g/mol. The summed E-state index contributed by atoms with van der Waals surface area (Å²) in [4.78, 5) is 0.933.